The second-order valence-corrected chi connectivity index (χ2v) is 19.3. The number of hydrogen-bond acceptors (Lipinski definition) is 18. The van der Waals surface area contributed by atoms with E-state index in [0.29, 0.717) is 18.1 Å². The standard InChI is InChI=1S/C29H50N7O17P3S/c1-17(2)7-5-6-8-20(38)57-12-11-31-19(37)9-10-32-27(41)24(40)29(3,4)14-50-56(47,48)53-55(45,46)49-13-18-23(52-54(42,43)44)22(39)28(51-18)36-16-35-21-25(30)33-15-34-26(21)36/h15-18,22-24,28,39-40H,5-14H2,1-4H3,(H,31,37)(H,32,41)(H,45,46)(H,47,48)(H2,30,33,34)(H2,42,43,44)/t18-,22-,23-,24+,28-/m1/s1. The van der Waals surface area contributed by atoms with Crippen molar-refractivity contribution in [1.82, 2.24) is 30.2 Å². The highest BCUT2D eigenvalue weighted by Crippen LogP contribution is 2.61. The molecule has 0 aromatic carbocycles. The van der Waals surface area contributed by atoms with Gasteiger partial charge in [-0.1, -0.05) is 52.3 Å². The van der Waals surface area contributed by atoms with Gasteiger partial charge in [0.25, 0.3) is 0 Å². The zero-order valence-electron chi connectivity index (χ0n) is 31.5. The third-order valence-corrected chi connectivity index (χ3v) is 12.2. The highest BCUT2D eigenvalue weighted by Gasteiger charge is 2.50. The first-order valence-electron chi connectivity index (χ1n) is 17.5. The zero-order valence-corrected chi connectivity index (χ0v) is 35.0. The number of nitrogens with one attached hydrogen (secondary N) is 2. The fourth-order valence-corrected chi connectivity index (χ4v) is 8.74. The summed E-state index contributed by atoms with van der Waals surface area (Å²) < 4.78 is 62.1. The number of phosphoric ester groups is 3. The number of nitrogens with two attached hydrogens (primary N) is 1. The Bertz CT molecular complexity index is 1830. The molecule has 0 spiro atoms. The lowest BCUT2D eigenvalue weighted by Crippen LogP contribution is -2.46. The van der Waals surface area contributed by atoms with Crippen LogP contribution in [0.15, 0.2) is 12.7 Å². The van der Waals surface area contributed by atoms with Crippen molar-refractivity contribution in [3.05, 3.63) is 12.7 Å². The van der Waals surface area contributed by atoms with Crippen LogP contribution in [-0.4, -0.2) is 123 Å². The highest BCUT2D eigenvalue weighted by atomic mass is 32.2. The van der Waals surface area contributed by atoms with E-state index >= 15 is 0 Å². The topological polar surface area (TPSA) is 364 Å². The van der Waals surface area contributed by atoms with Crippen molar-refractivity contribution in [3.63, 3.8) is 0 Å². The van der Waals surface area contributed by atoms with Crippen molar-refractivity contribution >= 4 is 69.1 Å². The molecule has 2 aromatic rings. The molecule has 2 aromatic heterocycles. The highest BCUT2D eigenvalue weighted by molar-refractivity contribution is 8.13. The molecule has 28 heteroatoms. The number of anilines is 1. The van der Waals surface area contributed by atoms with E-state index in [9.17, 15) is 57.9 Å². The van der Waals surface area contributed by atoms with Gasteiger partial charge in [-0.25, -0.2) is 28.6 Å². The predicted octanol–water partition coefficient (Wildman–Crippen LogP) is 0.881. The van der Waals surface area contributed by atoms with E-state index in [4.69, 9.17) is 19.5 Å². The van der Waals surface area contributed by atoms with Gasteiger partial charge in [0.2, 0.25) is 11.8 Å². The molecule has 57 heavy (non-hydrogen) atoms. The smallest absolute Gasteiger partial charge is 0.386 e. The number of fused-ring (bicyclic) bond motifs is 1. The zero-order chi connectivity index (χ0) is 42.8. The van der Waals surface area contributed by atoms with Crippen molar-refractivity contribution in [2.45, 2.75) is 90.4 Å². The average molecular weight is 894 g/mol. The molecule has 7 atom stereocenters. The number of phosphoric acid groups is 3. The first kappa shape index (κ1) is 48.9. The summed E-state index contributed by atoms with van der Waals surface area (Å²) in [5, 5.41) is 26.5. The van der Waals surface area contributed by atoms with Crippen molar-refractivity contribution < 1.29 is 80.5 Å². The number of unbranched alkanes of at least 4 members (excludes halogenated alkanes) is 1. The molecule has 0 saturated carbocycles. The van der Waals surface area contributed by atoms with E-state index in [1.807, 2.05) is 0 Å². The van der Waals surface area contributed by atoms with Crippen LogP contribution in [-0.2, 0) is 50.7 Å². The van der Waals surface area contributed by atoms with Crippen LogP contribution in [0.1, 0.15) is 66.0 Å². The van der Waals surface area contributed by atoms with Gasteiger partial charge >= 0.3 is 23.5 Å². The van der Waals surface area contributed by atoms with Crippen LogP contribution in [0.2, 0.25) is 0 Å². The van der Waals surface area contributed by atoms with Gasteiger partial charge in [-0.05, 0) is 12.3 Å². The Morgan fingerprint density at radius 2 is 1.70 bits per heavy atom. The molecular weight excluding hydrogens is 843 g/mol. The van der Waals surface area contributed by atoms with E-state index in [0.717, 1.165) is 48.2 Å². The van der Waals surface area contributed by atoms with Gasteiger partial charge < -0.3 is 50.9 Å². The SMILES string of the molecule is CC(C)CCCCC(=O)SCCNC(=O)CCNC(=O)[C@H](O)C(C)(C)COP(=O)(O)OP(=O)(O)OC[C@H]1O[C@@H](n2cnc3c(N)ncnc32)[C@H](O)[C@@H]1OP(=O)(O)O. The summed E-state index contributed by atoms with van der Waals surface area (Å²) in [7, 11) is -16.4. The largest absolute Gasteiger partial charge is 0.481 e. The molecule has 3 heterocycles. The number of nitrogens with zero attached hydrogens (tertiary/aromatic N) is 4. The Morgan fingerprint density at radius 3 is 2.37 bits per heavy atom. The first-order chi connectivity index (χ1) is 26.4. The Balaban J connectivity index is 1.45. The Labute approximate surface area is 331 Å². The monoisotopic (exact) mass is 893 g/mol. The molecule has 1 fully saturated rings. The van der Waals surface area contributed by atoms with Crippen LogP contribution >= 0.6 is 35.2 Å². The molecule has 2 unspecified atom stereocenters. The number of aliphatic hydroxyl groups excluding tert-OH is 2. The third-order valence-electron chi connectivity index (χ3n) is 8.18. The van der Waals surface area contributed by atoms with E-state index in [2.05, 4.69) is 48.3 Å². The van der Waals surface area contributed by atoms with E-state index in [1.54, 1.807) is 0 Å². The fourth-order valence-electron chi connectivity index (χ4n) is 5.19. The number of carbonyl (C=O) groups is 3. The molecule has 24 nitrogen and oxygen atoms in total. The van der Waals surface area contributed by atoms with Gasteiger partial charge in [-0.3, -0.25) is 32.5 Å². The number of aliphatic hydroxyl groups is 2. The third kappa shape index (κ3) is 15.9. The van der Waals surface area contributed by atoms with Crippen molar-refractivity contribution in [3.8, 4) is 0 Å². The molecule has 1 aliphatic rings. The van der Waals surface area contributed by atoms with Crippen LogP contribution in [0.25, 0.3) is 11.2 Å². The maximum Gasteiger partial charge on any atom is 0.481 e. The van der Waals surface area contributed by atoms with Crippen LogP contribution < -0.4 is 16.4 Å². The molecule has 0 radical (unpaired) electrons. The van der Waals surface area contributed by atoms with Crippen molar-refractivity contribution in [1.29, 1.82) is 0 Å². The average Bonchev–Trinajstić information content (AvgIpc) is 3.66. The summed E-state index contributed by atoms with van der Waals surface area (Å²) in [6, 6.07) is 0. The Kier molecular flexibility index (Phi) is 18.2. The number of aromatic nitrogens is 4. The summed E-state index contributed by atoms with van der Waals surface area (Å²) in [5.74, 6) is -0.461. The number of amides is 2. The van der Waals surface area contributed by atoms with Gasteiger partial charge in [0.15, 0.2) is 22.8 Å². The molecule has 1 aliphatic heterocycles. The summed E-state index contributed by atoms with van der Waals surface area (Å²) in [6.45, 7) is 4.79. The van der Waals surface area contributed by atoms with Crippen molar-refractivity contribution in [2.75, 3.05) is 37.8 Å². The summed E-state index contributed by atoms with van der Waals surface area (Å²) in [6.07, 6.45) is -3.57. The van der Waals surface area contributed by atoms with Crippen LogP contribution in [0, 0.1) is 11.3 Å². The molecule has 0 bridgehead atoms. The lowest BCUT2D eigenvalue weighted by molar-refractivity contribution is -0.137. The number of nitrogen functional groups attached to an aromatic ring is 1. The second kappa shape index (κ2) is 21.2. The summed E-state index contributed by atoms with van der Waals surface area (Å²) >= 11 is 1.13. The van der Waals surface area contributed by atoms with Crippen LogP contribution in [0.3, 0.4) is 0 Å². The predicted molar refractivity (Wildman–Crippen MR) is 200 cm³/mol. The minimum Gasteiger partial charge on any atom is -0.386 e. The molecule has 10 N–H and O–H groups in total. The maximum atomic E-state index is 12.7. The number of ether oxygens (including phenoxy) is 1. The first-order valence-corrected chi connectivity index (χ1v) is 23.0. The minimum atomic E-state index is -5.57. The number of rotatable bonds is 24. The van der Waals surface area contributed by atoms with Crippen LogP contribution in [0.5, 0.6) is 0 Å². The van der Waals surface area contributed by atoms with E-state index in [1.165, 1.54) is 13.8 Å². The maximum absolute atomic E-state index is 12.7. The van der Waals surface area contributed by atoms with Gasteiger partial charge in [0.05, 0.1) is 19.5 Å². The molecule has 3 rings (SSSR count). The number of imidazole rings is 1. The van der Waals surface area contributed by atoms with Gasteiger partial charge in [0.1, 0.15) is 36.3 Å². The van der Waals surface area contributed by atoms with Gasteiger partial charge in [-0.2, -0.15) is 4.31 Å². The number of thioether (sulfide) groups is 1. The lowest BCUT2D eigenvalue weighted by atomic mass is 9.87. The van der Waals surface area contributed by atoms with Gasteiger partial charge in [-0.15, -0.1) is 0 Å². The molecule has 0 aliphatic carbocycles. The summed E-state index contributed by atoms with van der Waals surface area (Å²) in [5.41, 5.74) is 4.27. The van der Waals surface area contributed by atoms with E-state index in [-0.39, 0.29) is 41.6 Å². The molecule has 1 saturated heterocycles. The minimum absolute atomic E-state index is 0.0321. The normalized spacial score (nSPS) is 21.6. The molecule has 324 valence electrons. The molecular formula is C29H50N7O17P3S. The number of hydrogen-bond donors (Lipinski definition) is 9. The lowest BCUT2D eigenvalue weighted by Gasteiger charge is -2.30. The van der Waals surface area contributed by atoms with Crippen LogP contribution in [0.4, 0.5) is 5.82 Å². The summed E-state index contributed by atoms with van der Waals surface area (Å²) in [4.78, 5) is 87.6. The Morgan fingerprint density at radius 1 is 1.02 bits per heavy atom. The molecule has 2 amide bonds. The quantitative estimate of drug-likeness (QED) is 0.0521. The number of carbonyl (C=O) groups excluding carboxylic acids is 3. The van der Waals surface area contributed by atoms with Gasteiger partial charge in [0, 0.05) is 37.1 Å². The van der Waals surface area contributed by atoms with Crippen molar-refractivity contribution in [2.24, 2.45) is 11.3 Å². The fraction of sp³-hybridized carbons (Fsp3) is 0.724. The Hall–Kier alpha value is -2.44. The van der Waals surface area contributed by atoms with E-state index < -0.39 is 84.6 Å². The second-order valence-electron chi connectivity index (χ2n) is 13.9.